The summed E-state index contributed by atoms with van der Waals surface area (Å²) >= 11 is 0. The molecule has 0 bridgehead atoms. The predicted molar refractivity (Wildman–Crippen MR) is 113 cm³/mol. The second-order valence-electron chi connectivity index (χ2n) is 6.72. The number of fused-ring (bicyclic) bond motifs is 2. The largest absolute Gasteiger partial charge is 0.453 e. The van der Waals surface area contributed by atoms with Crippen molar-refractivity contribution in [3.63, 3.8) is 0 Å². The van der Waals surface area contributed by atoms with E-state index in [1.54, 1.807) is 0 Å². The Hall–Kier alpha value is -3.20. The summed E-state index contributed by atoms with van der Waals surface area (Å²) in [7, 11) is 0. The van der Waals surface area contributed by atoms with E-state index in [0.29, 0.717) is 0 Å². The van der Waals surface area contributed by atoms with Crippen LogP contribution in [0.4, 0.5) is 22.7 Å². The fraction of sp³-hybridized carbons (Fsp3) is 0.167. The second kappa shape index (κ2) is 7.58. The predicted octanol–water partition coefficient (Wildman–Crippen LogP) is 7.38. The molecule has 0 fully saturated rings. The topological polar surface area (TPSA) is 24.5 Å². The molecule has 0 saturated carbocycles. The van der Waals surface area contributed by atoms with E-state index in [2.05, 4.69) is 72.6 Å². The average molecular weight is 356 g/mol. The monoisotopic (exact) mass is 356 g/mol. The van der Waals surface area contributed by atoms with E-state index in [9.17, 15) is 0 Å². The molecule has 3 nitrogen and oxygen atoms in total. The van der Waals surface area contributed by atoms with Gasteiger partial charge in [0.15, 0.2) is 11.5 Å². The van der Waals surface area contributed by atoms with E-state index in [1.807, 2.05) is 30.3 Å². The molecule has 1 aliphatic rings. The van der Waals surface area contributed by atoms with Crippen molar-refractivity contribution < 1.29 is 4.74 Å². The van der Waals surface area contributed by atoms with Gasteiger partial charge in [-0.3, -0.25) is 0 Å². The van der Waals surface area contributed by atoms with Crippen molar-refractivity contribution >= 4 is 22.7 Å². The lowest BCUT2D eigenvalue weighted by Crippen LogP contribution is -2.16. The normalized spacial score (nSPS) is 12.8. The summed E-state index contributed by atoms with van der Waals surface area (Å²) < 4.78 is 6.17. The Morgan fingerprint density at radius 3 is 2.48 bits per heavy atom. The van der Waals surface area contributed by atoms with Gasteiger partial charge >= 0.3 is 0 Å². The molecule has 0 aromatic heterocycles. The molecular formula is C24H24N2O. The molecule has 136 valence electrons. The van der Waals surface area contributed by atoms with Crippen molar-refractivity contribution in [3.8, 4) is 11.5 Å². The van der Waals surface area contributed by atoms with Crippen molar-refractivity contribution in [2.24, 2.45) is 0 Å². The van der Waals surface area contributed by atoms with Gasteiger partial charge in [0.05, 0.1) is 11.4 Å². The number of ether oxygens (including phenoxy) is 1. The Morgan fingerprint density at radius 2 is 1.67 bits per heavy atom. The second-order valence-corrected chi connectivity index (χ2v) is 6.72. The summed E-state index contributed by atoms with van der Waals surface area (Å²) in [5.74, 6) is 1.73. The molecule has 4 rings (SSSR count). The number of para-hydroxylation sites is 3. The number of allylic oxidation sites excluding steroid dienone is 2. The standard InChI is InChI=1S/C24H24N2O/c1-3-4-10-18(2)25-19-15-16-24-22(17-19)26(20-11-6-5-7-12-20)21-13-8-9-14-23(21)27-24/h5-17,25H,3-4H2,1-2H3/b18-10+. The van der Waals surface area contributed by atoms with Crippen molar-refractivity contribution in [2.75, 3.05) is 10.2 Å². The maximum absolute atomic E-state index is 6.17. The summed E-state index contributed by atoms with van der Waals surface area (Å²) in [6, 6.07) is 24.8. The summed E-state index contributed by atoms with van der Waals surface area (Å²) in [6.45, 7) is 4.30. The Morgan fingerprint density at radius 1 is 0.926 bits per heavy atom. The summed E-state index contributed by atoms with van der Waals surface area (Å²) in [5.41, 5.74) is 5.42. The fourth-order valence-corrected chi connectivity index (χ4v) is 3.33. The highest BCUT2D eigenvalue weighted by molar-refractivity contribution is 5.87. The molecule has 0 spiro atoms. The van der Waals surface area contributed by atoms with E-state index in [-0.39, 0.29) is 0 Å². The molecule has 0 aliphatic carbocycles. The van der Waals surface area contributed by atoms with Crippen molar-refractivity contribution in [2.45, 2.75) is 26.7 Å². The lowest BCUT2D eigenvalue weighted by molar-refractivity contribution is 0.477. The van der Waals surface area contributed by atoms with Gasteiger partial charge in [0, 0.05) is 17.1 Å². The van der Waals surface area contributed by atoms with Crippen LogP contribution in [0.15, 0.2) is 84.6 Å². The zero-order valence-corrected chi connectivity index (χ0v) is 15.8. The molecule has 1 heterocycles. The maximum atomic E-state index is 6.17. The Balaban J connectivity index is 1.77. The first-order chi connectivity index (χ1) is 13.3. The van der Waals surface area contributed by atoms with Crippen LogP contribution in [0.2, 0.25) is 0 Å². The van der Waals surface area contributed by atoms with Crippen molar-refractivity contribution in [3.05, 3.63) is 84.6 Å². The molecule has 1 aliphatic heterocycles. The molecular weight excluding hydrogens is 332 g/mol. The smallest absolute Gasteiger partial charge is 0.151 e. The number of rotatable bonds is 5. The van der Waals surface area contributed by atoms with Crippen LogP contribution < -0.4 is 15.0 Å². The van der Waals surface area contributed by atoms with Crippen LogP contribution in [0, 0.1) is 0 Å². The minimum absolute atomic E-state index is 0.860. The lowest BCUT2D eigenvalue weighted by atomic mass is 10.1. The minimum atomic E-state index is 0.860. The van der Waals surface area contributed by atoms with E-state index in [0.717, 1.165) is 47.1 Å². The molecule has 0 unspecified atom stereocenters. The first-order valence-corrected chi connectivity index (χ1v) is 9.46. The first kappa shape index (κ1) is 17.2. The fourth-order valence-electron chi connectivity index (χ4n) is 3.33. The van der Waals surface area contributed by atoms with Crippen molar-refractivity contribution in [1.29, 1.82) is 0 Å². The zero-order valence-electron chi connectivity index (χ0n) is 15.8. The zero-order chi connectivity index (χ0) is 18.6. The van der Waals surface area contributed by atoms with Crippen LogP contribution in [-0.4, -0.2) is 0 Å². The molecule has 1 N–H and O–H groups in total. The number of benzene rings is 3. The van der Waals surface area contributed by atoms with Crippen LogP contribution >= 0.6 is 0 Å². The minimum Gasteiger partial charge on any atom is -0.453 e. The number of nitrogens with zero attached hydrogens (tertiary/aromatic N) is 1. The first-order valence-electron chi connectivity index (χ1n) is 9.46. The van der Waals surface area contributed by atoms with Crippen LogP contribution in [0.25, 0.3) is 0 Å². The molecule has 0 amide bonds. The highest BCUT2D eigenvalue weighted by atomic mass is 16.5. The van der Waals surface area contributed by atoms with Crippen molar-refractivity contribution in [1.82, 2.24) is 0 Å². The third kappa shape index (κ3) is 3.54. The van der Waals surface area contributed by atoms with Gasteiger partial charge in [0.1, 0.15) is 0 Å². The van der Waals surface area contributed by atoms with Crippen LogP contribution in [0.3, 0.4) is 0 Å². The van der Waals surface area contributed by atoms with Gasteiger partial charge in [0.25, 0.3) is 0 Å². The molecule has 3 heteroatoms. The van der Waals surface area contributed by atoms with Gasteiger partial charge in [-0.1, -0.05) is 49.8 Å². The van der Waals surface area contributed by atoms with E-state index in [1.165, 1.54) is 5.70 Å². The van der Waals surface area contributed by atoms with Crippen LogP contribution in [0.5, 0.6) is 11.5 Å². The van der Waals surface area contributed by atoms with E-state index in [4.69, 9.17) is 4.74 Å². The number of hydrogen-bond donors (Lipinski definition) is 1. The number of nitrogens with one attached hydrogen (secondary N) is 1. The quantitative estimate of drug-likeness (QED) is 0.404. The third-order valence-electron chi connectivity index (χ3n) is 4.62. The van der Waals surface area contributed by atoms with Gasteiger partial charge in [-0.2, -0.15) is 0 Å². The maximum Gasteiger partial charge on any atom is 0.151 e. The highest BCUT2D eigenvalue weighted by Crippen LogP contribution is 2.50. The molecule has 0 saturated heterocycles. The molecule has 3 aromatic rings. The van der Waals surface area contributed by atoms with E-state index >= 15 is 0 Å². The van der Waals surface area contributed by atoms with E-state index < -0.39 is 0 Å². The Kier molecular flexibility index (Phi) is 4.84. The molecule has 0 radical (unpaired) electrons. The number of unbranched alkanes of at least 4 members (excludes halogenated alkanes) is 1. The van der Waals surface area contributed by atoms with Gasteiger partial charge in [-0.25, -0.2) is 0 Å². The van der Waals surface area contributed by atoms with Crippen LogP contribution in [-0.2, 0) is 0 Å². The SMILES string of the molecule is CCC/C=C(\C)Nc1ccc2c(c1)N(c1ccccc1)c1ccccc1O2. The average Bonchev–Trinajstić information content (AvgIpc) is 2.71. The van der Waals surface area contributed by atoms with Gasteiger partial charge in [-0.05, 0) is 55.8 Å². The molecule has 0 atom stereocenters. The van der Waals surface area contributed by atoms with Gasteiger partial charge < -0.3 is 15.0 Å². The number of hydrogen-bond acceptors (Lipinski definition) is 3. The Labute approximate surface area is 160 Å². The summed E-state index contributed by atoms with van der Waals surface area (Å²) in [6.07, 6.45) is 4.46. The summed E-state index contributed by atoms with van der Waals surface area (Å²) in [4.78, 5) is 2.25. The van der Waals surface area contributed by atoms with Crippen LogP contribution in [0.1, 0.15) is 26.7 Å². The summed E-state index contributed by atoms with van der Waals surface area (Å²) in [5, 5.41) is 3.50. The third-order valence-corrected chi connectivity index (χ3v) is 4.62. The lowest BCUT2D eigenvalue weighted by Gasteiger charge is -2.33. The van der Waals surface area contributed by atoms with Gasteiger partial charge in [-0.15, -0.1) is 0 Å². The number of anilines is 4. The highest BCUT2D eigenvalue weighted by Gasteiger charge is 2.25. The molecule has 3 aromatic carbocycles. The molecule has 27 heavy (non-hydrogen) atoms. The Bertz CT molecular complexity index is 963. The van der Waals surface area contributed by atoms with Gasteiger partial charge in [0.2, 0.25) is 0 Å².